The van der Waals surface area contributed by atoms with Crippen LogP contribution in [0.3, 0.4) is 0 Å². The molecule has 0 amide bonds. The standard InChI is InChI=1S/C16H15N5O4/c1-11-15(10-19(2)18-11)16(22)6-5-13-3-4-14(25-13)9-20-8-12(7-17-20)21(23)24/h3-8,10H,9H2,1-2H3/b6-5+. The topological polar surface area (TPSA) is 109 Å². The van der Waals surface area contributed by atoms with Gasteiger partial charge in [-0.05, 0) is 31.2 Å². The molecule has 0 aliphatic heterocycles. The number of aromatic nitrogens is 4. The van der Waals surface area contributed by atoms with Gasteiger partial charge in [-0.15, -0.1) is 0 Å². The summed E-state index contributed by atoms with van der Waals surface area (Å²) in [6.45, 7) is 2.03. The number of allylic oxidation sites excluding steroid dienone is 1. The predicted octanol–water partition coefficient (Wildman–Crippen LogP) is 2.37. The molecule has 0 bridgehead atoms. The first kappa shape index (κ1) is 16.4. The van der Waals surface area contributed by atoms with E-state index in [0.717, 1.165) is 0 Å². The Bertz CT molecular complexity index is 963. The van der Waals surface area contributed by atoms with Crippen molar-refractivity contribution in [2.45, 2.75) is 13.5 Å². The van der Waals surface area contributed by atoms with Gasteiger partial charge in [0.25, 0.3) is 0 Å². The average Bonchev–Trinajstić information content (AvgIpc) is 3.26. The highest BCUT2D eigenvalue weighted by molar-refractivity contribution is 6.07. The molecule has 0 spiro atoms. The minimum atomic E-state index is -0.508. The number of carbonyl (C=O) groups excluding carboxylic acids is 1. The van der Waals surface area contributed by atoms with Gasteiger partial charge in [0, 0.05) is 13.2 Å². The summed E-state index contributed by atoms with van der Waals surface area (Å²) in [5.74, 6) is 0.917. The Morgan fingerprint density at radius 3 is 2.84 bits per heavy atom. The number of nitrogens with zero attached hydrogens (tertiary/aromatic N) is 5. The van der Waals surface area contributed by atoms with Crippen LogP contribution in [0.15, 0.2) is 41.2 Å². The second-order valence-electron chi connectivity index (χ2n) is 5.46. The Labute approximate surface area is 142 Å². The van der Waals surface area contributed by atoms with Gasteiger partial charge in [0.15, 0.2) is 5.78 Å². The van der Waals surface area contributed by atoms with Crippen LogP contribution in [-0.4, -0.2) is 30.3 Å². The monoisotopic (exact) mass is 341 g/mol. The van der Waals surface area contributed by atoms with E-state index >= 15 is 0 Å². The molecule has 9 nitrogen and oxygen atoms in total. The highest BCUT2D eigenvalue weighted by Gasteiger charge is 2.11. The van der Waals surface area contributed by atoms with E-state index in [4.69, 9.17) is 4.42 Å². The highest BCUT2D eigenvalue weighted by atomic mass is 16.6. The molecule has 0 unspecified atom stereocenters. The lowest BCUT2D eigenvalue weighted by Crippen LogP contribution is -1.98. The largest absolute Gasteiger partial charge is 0.460 e. The smallest absolute Gasteiger partial charge is 0.307 e. The SMILES string of the molecule is Cc1nn(C)cc1C(=O)/C=C/c1ccc(Cn2cc([N+](=O)[O-])cn2)o1. The first-order chi connectivity index (χ1) is 11.9. The summed E-state index contributed by atoms with van der Waals surface area (Å²) in [6.07, 6.45) is 7.17. The summed E-state index contributed by atoms with van der Waals surface area (Å²) in [5, 5.41) is 18.7. The molecule has 0 saturated carbocycles. The highest BCUT2D eigenvalue weighted by Crippen LogP contribution is 2.14. The quantitative estimate of drug-likeness (QED) is 0.295. The lowest BCUT2D eigenvalue weighted by molar-refractivity contribution is -0.385. The number of furan rings is 1. The van der Waals surface area contributed by atoms with Gasteiger partial charge in [0.2, 0.25) is 0 Å². The molecule has 0 fully saturated rings. The molecular formula is C16H15N5O4. The maximum Gasteiger partial charge on any atom is 0.307 e. The van der Waals surface area contributed by atoms with Crippen LogP contribution in [0.1, 0.15) is 27.6 Å². The first-order valence-corrected chi connectivity index (χ1v) is 7.40. The molecule has 128 valence electrons. The van der Waals surface area contributed by atoms with E-state index in [-0.39, 0.29) is 18.0 Å². The predicted molar refractivity (Wildman–Crippen MR) is 88.0 cm³/mol. The molecule has 0 saturated heterocycles. The minimum absolute atomic E-state index is 0.0795. The van der Waals surface area contributed by atoms with E-state index < -0.39 is 4.92 Å². The van der Waals surface area contributed by atoms with Gasteiger partial charge in [-0.25, -0.2) is 0 Å². The molecule has 3 rings (SSSR count). The van der Waals surface area contributed by atoms with E-state index in [1.165, 1.54) is 23.2 Å². The number of carbonyl (C=O) groups is 1. The number of rotatable bonds is 6. The van der Waals surface area contributed by atoms with E-state index in [1.54, 1.807) is 43.1 Å². The van der Waals surface area contributed by atoms with Crippen LogP contribution in [0.5, 0.6) is 0 Å². The Morgan fingerprint density at radius 1 is 1.40 bits per heavy atom. The van der Waals surface area contributed by atoms with Crippen LogP contribution in [0.2, 0.25) is 0 Å². The van der Waals surface area contributed by atoms with Crippen LogP contribution >= 0.6 is 0 Å². The summed E-state index contributed by atoms with van der Waals surface area (Å²) in [7, 11) is 1.76. The number of hydrogen-bond donors (Lipinski definition) is 0. The maximum atomic E-state index is 12.2. The molecule has 0 atom stereocenters. The normalized spacial score (nSPS) is 11.3. The third-order valence-corrected chi connectivity index (χ3v) is 3.51. The van der Waals surface area contributed by atoms with Gasteiger partial charge in [0.1, 0.15) is 23.9 Å². The van der Waals surface area contributed by atoms with Crippen molar-refractivity contribution in [3.8, 4) is 0 Å². The fourth-order valence-corrected chi connectivity index (χ4v) is 2.35. The van der Waals surface area contributed by atoms with Crippen LogP contribution in [-0.2, 0) is 13.6 Å². The van der Waals surface area contributed by atoms with Crippen LogP contribution in [0.25, 0.3) is 6.08 Å². The second-order valence-corrected chi connectivity index (χ2v) is 5.46. The Hall–Kier alpha value is -3.49. The molecular weight excluding hydrogens is 326 g/mol. The summed E-state index contributed by atoms with van der Waals surface area (Å²) in [6, 6.07) is 3.44. The van der Waals surface area contributed by atoms with Gasteiger partial charge < -0.3 is 4.42 Å². The fourth-order valence-electron chi connectivity index (χ4n) is 2.35. The van der Waals surface area contributed by atoms with Crippen molar-refractivity contribution in [2.75, 3.05) is 0 Å². The van der Waals surface area contributed by atoms with E-state index in [1.807, 2.05) is 0 Å². The molecule has 3 heterocycles. The van der Waals surface area contributed by atoms with Gasteiger partial charge >= 0.3 is 5.69 Å². The van der Waals surface area contributed by atoms with Crippen molar-refractivity contribution >= 4 is 17.5 Å². The molecule has 0 aromatic carbocycles. The Balaban J connectivity index is 1.67. The minimum Gasteiger partial charge on any atom is -0.460 e. The van der Waals surface area contributed by atoms with Crippen molar-refractivity contribution in [3.63, 3.8) is 0 Å². The van der Waals surface area contributed by atoms with Crippen molar-refractivity contribution < 1.29 is 14.1 Å². The van der Waals surface area contributed by atoms with E-state index in [2.05, 4.69) is 10.2 Å². The number of hydrogen-bond acceptors (Lipinski definition) is 6. The number of nitro groups is 1. The Kier molecular flexibility index (Phi) is 4.29. The molecule has 0 aliphatic rings. The molecule has 3 aromatic heterocycles. The fraction of sp³-hybridized carbons (Fsp3) is 0.188. The number of ketones is 1. The summed E-state index contributed by atoms with van der Waals surface area (Å²) < 4.78 is 8.59. The molecule has 3 aromatic rings. The van der Waals surface area contributed by atoms with Gasteiger partial charge in [-0.3, -0.25) is 24.3 Å². The zero-order valence-corrected chi connectivity index (χ0v) is 13.6. The van der Waals surface area contributed by atoms with Crippen LogP contribution < -0.4 is 0 Å². The third kappa shape index (κ3) is 3.71. The summed E-state index contributed by atoms with van der Waals surface area (Å²) >= 11 is 0. The molecule has 9 heteroatoms. The molecule has 0 N–H and O–H groups in total. The van der Waals surface area contributed by atoms with Crippen molar-refractivity contribution in [3.05, 3.63) is 69.7 Å². The van der Waals surface area contributed by atoms with Gasteiger partial charge in [0.05, 0.1) is 22.7 Å². The van der Waals surface area contributed by atoms with Crippen LogP contribution in [0, 0.1) is 17.0 Å². The average molecular weight is 341 g/mol. The zero-order valence-electron chi connectivity index (χ0n) is 13.6. The molecule has 25 heavy (non-hydrogen) atoms. The number of aryl methyl sites for hydroxylation is 2. The van der Waals surface area contributed by atoms with E-state index in [9.17, 15) is 14.9 Å². The lowest BCUT2D eigenvalue weighted by atomic mass is 10.1. The second kappa shape index (κ2) is 6.56. The summed E-state index contributed by atoms with van der Waals surface area (Å²) in [4.78, 5) is 22.3. The molecule has 0 radical (unpaired) electrons. The van der Waals surface area contributed by atoms with Gasteiger partial charge in [-0.1, -0.05) is 0 Å². The van der Waals surface area contributed by atoms with Crippen molar-refractivity contribution in [1.29, 1.82) is 0 Å². The lowest BCUT2D eigenvalue weighted by Gasteiger charge is -1.96. The summed E-state index contributed by atoms with van der Waals surface area (Å²) in [5.41, 5.74) is 1.12. The van der Waals surface area contributed by atoms with E-state index in [0.29, 0.717) is 22.8 Å². The van der Waals surface area contributed by atoms with Crippen LogP contribution in [0.4, 0.5) is 5.69 Å². The Morgan fingerprint density at radius 2 is 2.20 bits per heavy atom. The van der Waals surface area contributed by atoms with Crippen molar-refractivity contribution in [2.24, 2.45) is 7.05 Å². The zero-order chi connectivity index (χ0) is 18.0. The third-order valence-electron chi connectivity index (χ3n) is 3.51. The first-order valence-electron chi connectivity index (χ1n) is 7.40. The van der Waals surface area contributed by atoms with Crippen molar-refractivity contribution in [1.82, 2.24) is 19.6 Å². The maximum absolute atomic E-state index is 12.2. The molecule has 0 aliphatic carbocycles. The van der Waals surface area contributed by atoms with Gasteiger partial charge in [-0.2, -0.15) is 10.2 Å².